The Hall–Kier alpha value is -5.36. The van der Waals surface area contributed by atoms with Crippen LogP contribution in [0.4, 0.5) is 0 Å². The standard InChI is InChI=1S/C51H70N4O13/c1-25(2)23-55-19-17-51(18-20-55)53-39-36-37-44(60)32(10)47-38(36)48(62)50(11,68-47)66-21-16-33(64-12)29(7)46(67-35(57)22-34(56)65-24-26(3)4)31(9)43(59)30(8)42(58)27(5)14-13-15-28(6)49(63)52-41(45(37)61)40(39)54-51/h13-16,21,25-27,29-31,33,42-43,46,54,58-60H,17-20,22-24H2,1-12H3,(H,52,63)/b14-13+,21-16+,28-15-/t27-,29+,30+,31+,33-,42-,43+,46+,50-/m0/s1. The topological polar surface area (TPSA) is 232 Å². The number of carbonyl (C=O) groups excluding carboxylic acids is 5. The predicted molar refractivity (Wildman–Crippen MR) is 252 cm³/mol. The fraction of sp³-hybridized carbons (Fsp3) is 0.608. The number of aliphatic hydroxyl groups excluding tert-OH is 2. The van der Waals surface area contributed by atoms with Crippen molar-refractivity contribution in [3.8, 4) is 11.5 Å². The number of nitrogens with zero attached hydrogens (tertiary/aromatic N) is 2. The summed E-state index contributed by atoms with van der Waals surface area (Å²) < 4.78 is 29.5. The molecule has 372 valence electrons. The van der Waals surface area contributed by atoms with E-state index in [0.29, 0.717) is 31.8 Å². The number of phenols is 1. The number of aromatic hydroxyl groups is 1. The second kappa shape index (κ2) is 20.7. The SMILES string of the molecule is CO[C@H]1/C=C/O[C@@]2(C)Oc3c(C)c(O)c4c(c3C2=O)C2=NC3(CCN(CC(C)C)CC3)NC2=C(NC(=O)/C(C)=C\C=C\[C@H](C)[C@H](O)[C@@H](C)[C@@H](O)[C@@H](C)[C@H](OC(=O)CC(=O)OCC(C)C)[C@@H]1C)C4=O. The number of likely N-dealkylation sites (tertiary alicyclic amines) is 1. The van der Waals surface area contributed by atoms with E-state index in [-0.39, 0.29) is 63.2 Å². The number of carbonyl (C=O) groups is 5. The lowest BCUT2D eigenvalue weighted by molar-refractivity contribution is -0.168. The molecule has 0 unspecified atom stereocenters. The molecule has 1 saturated heterocycles. The highest BCUT2D eigenvalue weighted by Gasteiger charge is 2.54. The molecule has 5 aliphatic rings. The van der Waals surface area contributed by atoms with Crippen LogP contribution in [0.15, 0.2) is 52.5 Å². The van der Waals surface area contributed by atoms with Crippen molar-refractivity contribution < 1.29 is 63.0 Å². The maximum atomic E-state index is 14.8. The third-order valence-electron chi connectivity index (χ3n) is 13.8. The van der Waals surface area contributed by atoms with Crippen LogP contribution in [0.25, 0.3) is 0 Å². The zero-order chi connectivity index (χ0) is 50.2. The molecule has 1 spiro atoms. The van der Waals surface area contributed by atoms with E-state index in [4.69, 9.17) is 28.7 Å². The molecule has 1 aliphatic carbocycles. The smallest absolute Gasteiger partial charge is 0.317 e. The highest BCUT2D eigenvalue weighted by Crippen LogP contribution is 2.50. The highest BCUT2D eigenvalue weighted by molar-refractivity contribution is 6.34. The van der Waals surface area contributed by atoms with Crippen LogP contribution < -0.4 is 15.4 Å². The van der Waals surface area contributed by atoms with E-state index in [2.05, 4.69) is 29.4 Å². The summed E-state index contributed by atoms with van der Waals surface area (Å²) in [5.41, 5.74) is -0.435. The largest absolute Gasteiger partial charge is 0.507 e. The molecule has 1 amide bonds. The van der Waals surface area contributed by atoms with Gasteiger partial charge in [0.25, 0.3) is 11.7 Å². The van der Waals surface area contributed by atoms with Gasteiger partial charge in [-0.3, -0.25) is 29.0 Å². The van der Waals surface area contributed by atoms with Crippen molar-refractivity contribution in [2.75, 3.05) is 33.4 Å². The van der Waals surface area contributed by atoms with Gasteiger partial charge in [0.1, 0.15) is 35.4 Å². The molecular formula is C51H70N4O13. The van der Waals surface area contributed by atoms with Gasteiger partial charge in [0.15, 0.2) is 0 Å². The number of Topliss-reactive ketones (excluding diaryl/α,β-unsaturated/α-hetero) is 2. The zero-order valence-electron chi connectivity index (χ0n) is 41.4. The number of nitrogens with one attached hydrogen (secondary N) is 2. The van der Waals surface area contributed by atoms with Gasteiger partial charge < -0.3 is 54.5 Å². The first-order valence-electron chi connectivity index (χ1n) is 23.7. The summed E-state index contributed by atoms with van der Waals surface area (Å²) >= 11 is 0. The van der Waals surface area contributed by atoms with E-state index in [9.17, 15) is 39.3 Å². The first kappa shape index (κ1) is 52.0. The molecule has 5 bridgehead atoms. The van der Waals surface area contributed by atoms with Gasteiger partial charge in [0.05, 0.1) is 53.7 Å². The van der Waals surface area contributed by atoms with E-state index in [1.54, 1.807) is 46.8 Å². The number of hydrogen-bond donors (Lipinski definition) is 5. The molecule has 17 heteroatoms. The van der Waals surface area contributed by atoms with Crippen LogP contribution in [0.1, 0.15) is 120 Å². The Morgan fingerprint density at radius 3 is 2.22 bits per heavy atom. The van der Waals surface area contributed by atoms with Gasteiger partial charge in [-0.2, -0.15) is 0 Å². The number of aliphatic hydroxyl groups is 2. The predicted octanol–water partition coefficient (Wildman–Crippen LogP) is 5.19. The molecule has 1 fully saturated rings. The lowest BCUT2D eigenvalue weighted by atomic mass is 9.78. The molecule has 9 atom stereocenters. The van der Waals surface area contributed by atoms with E-state index in [0.717, 1.165) is 6.54 Å². The van der Waals surface area contributed by atoms with Crippen LogP contribution in [0, 0.1) is 42.4 Å². The number of aliphatic imine (C=N–C) groups is 1. The van der Waals surface area contributed by atoms with Crippen LogP contribution in [0.2, 0.25) is 0 Å². The number of hydrogen-bond acceptors (Lipinski definition) is 16. The first-order valence-corrected chi connectivity index (χ1v) is 23.7. The van der Waals surface area contributed by atoms with Crippen molar-refractivity contribution in [2.24, 2.45) is 40.5 Å². The quantitative estimate of drug-likeness (QED) is 0.167. The second-order valence-corrected chi connectivity index (χ2v) is 20.2. The van der Waals surface area contributed by atoms with Gasteiger partial charge in [-0.1, -0.05) is 73.6 Å². The van der Waals surface area contributed by atoms with Crippen LogP contribution in [-0.2, 0) is 33.3 Å². The summed E-state index contributed by atoms with van der Waals surface area (Å²) in [6.07, 6.45) is 3.60. The number of piperidine rings is 1. The Balaban J connectivity index is 1.44. The molecule has 6 rings (SSSR count). The number of rotatable bonds is 8. The van der Waals surface area contributed by atoms with Gasteiger partial charge in [0.2, 0.25) is 5.78 Å². The molecule has 5 N–H and O–H groups in total. The van der Waals surface area contributed by atoms with Crippen LogP contribution in [0.5, 0.6) is 11.5 Å². The molecule has 4 aliphatic heterocycles. The molecule has 17 nitrogen and oxygen atoms in total. The van der Waals surface area contributed by atoms with E-state index < -0.39 is 101 Å². The highest BCUT2D eigenvalue weighted by atomic mass is 16.7. The summed E-state index contributed by atoms with van der Waals surface area (Å²) in [5, 5.41) is 41.5. The maximum absolute atomic E-state index is 14.8. The van der Waals surface area contributed by atoms with Crippen molar-refractivity contribution in [1.82, 2.24) is 15.5 Å². The number of ether oxygens (including phenoxy) is 5. The van der Waals surface area contributed by atoms with Crippen molar-refractivity contribution in [3.63, 3.8) is 0 Å². The fourth-order valence-electron chi connectivity index (χ4n) is 9.70. The van der Waals surface area contributed by atoms with Crippen LogP contribution in [0.3, 0.4) is 0 Å². The summed E-state index contributed by atoms with van der Waals surface area (Å²) in [7, 11) is 1.42. The van der Waals surface area contributed by atoms with E-state index in [1.807, 2.05) is 13.8 Å². The number of methoxy groups -OCH3 is 1. The first-order chi connectivity index (χ1) is 31.9. The molecule has 0 radical (unpaired) electrons. The Labute approximate surface area is 399 Å². The molecule has 0 saturated carbocycles. The van der Waals surface area contributed by atoms with E-state index in [1.165, 1.54) is 39.4 Å². The minimum atomic E-state index is -2.03. The van der Waals surface area contributed by atoms with E-state index >= 15 is 0 Å². The Bertz CT molecular complexity index is 2320. The van der Waals surface area contributed by atoms with Gasteiger partial charge in [-0.15, -0.1) is 0 Å². The third kappa shape index (κ3) is 10.5. The lowest BCUT2D eigenvalue weighted by Gasteiger charge is -2.38. The number of amides is 1. The normalized spacial score (nSPS) is 31.6. The van der Waals surface area contributed by atoms with Crippen molar-refractivity contribution in [1.29, 1.82) is 0 Å². The average molecular weight is 947 g/mol. The number of ketones is 2. The van der Waals surface area contributed by atoms with Gasteiger partial charge in [-0.05, 0) is 31.8 Å². The molecule has 1 aromatic carbocycles. The average Bonchev–Trinajstić information content (AvgIpc) is 3.79. The van der Waals surface area contributed by atoms with Gasteiger partial charge >= 0.3 is 17.7 Å². The molecule has 0 aromatic heterocycles. The zero-order valence-corrected chi connectivity index (χ0v) is 41.4. The van der Waals surface area contributed by atoms with Crippen molar-refractivity contribution in [3.05, 3.63) is 69.8 Å². The third-order valence-corrected chi connectivity index (χ3v) is 13.8. The summed E-state index contributed by atoms with van der Waals surface area (Å²) in [6.45, 7) is 21.7. The Morgan fingerprint density at radius 2 is 1.59 bits per heavy atom. The minimum Gasteiger partial charge on any atom is -0.507 e. The summed E-state index contributed by atoms with van der Waals surface area (Å²) in [4.78, 5) is 77.1. The molecule has 1 aromatic rings. The lowest BCUT2D eigenvalue weighted by Crippen LogP contribution is -2.50. The van der Waals surface area contributed by atoms with Crippen LogP contribution in [-0.4, -0.2) is 125 Å². The Morgan fingerprint density at radius 1 is 0.912 bits per heavy atom. The maximum Gasteiger partial charge on any atom is 0.317 e. The van der Waals surface area contributed by atoms with Crippen molar-refractivity contribution in [2.45, 2.75) is 131 Å². The summed E-state index contributed by atoms with van der Waals surface area (Å²) in [6, 6.07) is 0. The Kier molecular flexibility index (Phi) is 15.8. The van der Waals surface area contributed by atoms with Gasteiger partial charge in [0, 0.05) is 86.9 Å². The molecular weight excluding hydrogens is 877 g/mol. The second-order valence-electron chi connectivity index (χ2n) is 20.2. The number of esters is 2. The van der Waals surface area contributed by atoms with Crippen LogP contribution >= 0.6 is 0 Å². The fourth-order valence-corrected chi connectivity index (χ4v) is 9.70. The minimum absolute atomic E-state index is 0.00261. The summed E-state index contributed by atoms with van der Waals surface area (Å²) in [5.74, 6) is -8.56. The number of fused-ring (bicyclic) bond motifs is 3. The number of allylic oxidation sites excluding steroid dienone is 4. The van der Waals surface area contributed by atoms with Gasteiger partial charge in [-0.25, -0.2) is 0 Å². The number of phenolic OH excluding ortho intramolecular Hbond substituents is 1. The van der Waals surface area contributed by atoms with Crippen molar-refractivity contribution >= 4 is 35.1 Å². The molecule has 4 heterocycles. The monoisotopic (exact) mass is 946 g/mol. The number of benzene rings is 1. The molecule has 68 heavy (non-hydrogen) atoms.